The monoisotopic (exact) mass is 318 g/mol. The Bertz CT molecular complexity index is 613. The predicted molar refractivity (Wildman–Crippen MR) is 86.3 cm³/mol. The number of nitrogens with zero attached hydrogens (tertiary/aromatic N) is 1. The van der Waals surface area contributed by atoms with Gasteiger partial charge in [0.2, 0.25) is 0 Å². The molecule has 1 aliphatic rings. The summed E-state index contributed by atoms with van der Waals surface area (Å²) in [5.41, 5.74) is 0.717. The molecular weight excluding hydrogens is 300 g/mol. The Hall–Kier alpha value is -2.05. The first-order valence-electron chi connectivity index (χ1n) is 7.20. The molecule has 22 heavy (non-hydrogen) atoms. The molecule has 1 aliphatic heterocycles. The number of carbonyl (C=O) groups excluding carboxylic acids is 1. The van der Waals surface area contributed by atoms with Gasteiger partial charge in [0.25, 0.3) is 0 Å². The Morgan fingerprint density at radius 1 is 1.36 bits per heavy atom. The Morgan fingerprint density at radius 2 is 2.18 bits per heavy atom. The van der Waals surface area contributed by atoms with Gasteiger partial charge >= 0.3 is 6.03 Å². The molecule has 2 heterocycles. The number of anilines is 1. The molecule has 1 aromatic heterocycles. The summed E-state index contributed by atoms with van der Waals surface area (Å²) < 4.78 is 5.68. The molecule has 2 amide bonds. The van der Waals surface area contributed by atoms with Gasteiger partial charge in [-0.15, -0.1) is 11.3 Å². The van der Waals surface area contributed by atoms with E-state index < -0.39 is 6.10 Å². The highest BCUT2D eigenvalue weighted by Crippen LogP contribution is 2.19. The quantitative estimate of drug-likeness (QED) is 0.911. The molecule has 1 aromatic carbocycles. The molecule has 2 aromatic rings. The lowest BCUT2D eigenvalue weighted by atomic mass is 10.3. The third kappa shape index (κ3) is 3.78. The highest BCUT2D eigenvalue weighted by molar-refractivity contribution is 7.09. The van der Waals surface area contributed by atoms with Crippen LogP contribution < -0.4 is 10.1 Å². The molecule has 0 bridgehead atoms. The molecule has 0 saturated carbocycles. The molecule has 3 rings (SSSR count). The number of amides is 2. The predicted octanol–water partition coefficient (Wildman–Crippen LogP) is 2.93. The van der Waals surface area contributed by atoms with Crippen LogP contribution in [0.5, 0.6) is 5.75 Å². The summed E-state index contributed by atoms with van der Waals surface area (Å²) in [6.07, 6.45) is 0.238. The van der Waals surface area contributed by atoms with Crippen LogP contribution >= 0.6 is 11.3 Å². The van der Waals surface area contributed by atoms with Crippen LogP contribution in [-0.4, -0.2) is 35.2 Å². The van der Waals surface area contributed by atoms with Crippen molar-refractivity contribution in [2.45, 2.75) is 19.1 Å². The highest BCUT2D eigenvalue weighted by atomic mass is 32.1. The van der Waals surface area contributed by atoms with E-state index in [1.807, 2.05) is 41.8 Å². The fourth-order valence-corrected chi connectivity index (χ4v) is 2.93. The summed E-state index contributed by atoms with van der Waals surface area (Å²) >= 11 is 1.66. The molecule has 0 unspecified atom stereocenters. The van der Waals surface area contributed by atoms with Crippen LogP contribution in [0.1, 0.15) is 11.3 Å². The van der Waals surface area contributed by atoms with Gasteiger partial charge in [-0.1, -0.05) is 6.07 Å². The molecule has 0 radical (unpaired) electrons. The second kappa shape index (κ2) is 6.81. The van der Waals surface area contributed by atoms with Crippen molar-refractivity contribution >= 4 is 23.1 Å². The number of β-amino-alcohol motifs (C(OH)–C–C–N with tert-alkyl or cyclic N) is 1. The molecule has 6 heteroatoms. The third-order valence-corrected chi connectivity index (χ3v) is 4.37. The first-order valence-corrected chi connectivity index (χ1v) is 8.08. The van der Waals surface area contributed by atoms with Gasteiger partial charge in [0.15, 0.2) is 0 Å². The van der Waals surface area contributed by atoms with Gasteiger partial charge in [0.1, 0.15) is 12.4 Å². The number of benzene rings is 1. The fraction of sp³-hybridized carbons (Fsp3) is 0.312. The van der Waals surface area contributed by atoms with Crippen LogP contribution in [0.3, 0.4) is 0 Å². The molecule has 0 aliphatic carbocycles. The van der Waals surface area contributed by atoms with Gasteiger partial charge < -0.3 is 20.1 Å². The number of aliphatic hydroxyl groups is 1. The summed E-state index contributed by atoms with van der Waals surface area (Å²) in [6, 6.07) is 11.1. The number of ether oxygens (including phenoxy) is 1. The lowest BCUT2D eigenvalue weighted by Crippen LogP contribution is -2.33. The number of carbonyl (C=O) groups is 1. The maximum Gasteiger partial charge on any atom is 0.321 e. The third-order valence-electron chi connectivity index (χ3n) is 3.52. The van der Waals surface area contributed by atoms with Crippen LogP contribution in [0, 0.1) is 0 Å². The number of aliphatic hydroxyl groups excluding tert-OH is 1. The Kier molecular flexibility index (Phi) is 4.60. The second-order valence-electron chi connectivity index (χ2n) is 5.21. The van der Waals surface area contributed by atoms with Gasteiger partial charge in [0.05, 0.1) is 6.10 Å². The van der Waals surface area contributed by atoms with E-state index in [1.165, 1.54) is 4.88 Å². The summed E-state index contributed by atoms with van der Waals surface area (Å²) in [4.78, 5) is 14.8. The summed E-state index contributed by atoms with van der Waals surface area (Å²) in [5, 5.41) is 14.3. The van der Waals surface area contributed by atoms with Crippen molar-refractivity contribution in [3.05, 3.63) is 46.7 Å². The smallest absolute Gasteiger partial charge is 0.321 e. The summed E-state index contributed by atoms with van der Waals surface area (Å²) in [6.45, 7) is 1.54. The van der Waals surface area contributed by atoms with Crippen LogP contribution in [0.15, 0.2) is 41.8 Å². The van der Waals surface area contributed by atoms with Crippen molar-refractivity contribution < 1.29 is 14.6 Å². The van der Waals surface area contributed by atoms with E-state index in [0.717, 1.165) is 11.4 Å². The van der Waals surface area contributed by atoms with Crippen molar-refractivity contribution in [2.24, 2.45) is 0 Å². The van der Waals surface area contributed by atoms with E-state index in [1.54, 1.807) is 16.2 Å². The van der Waals surface area contributed by atoms with E-state index in [9.17, 15) is 9.90 Å². The first-order chi connectivity index (χ1) is 10.7. The van der Waals surface area contributed by atoms with Gasteiger partial charge in [0, 0.05) is 23.7 Å². The highest BCUT2D eigenvalue weighted by Gasteiger charge is 2.24. The van der Waals surface area contributed by atoms with Crippen molar-refractivity contribution in [3.8, 4) is 5.75 Å². The van der Waals surface area contributed by atoms with Gasteiger partial charge in [-0.2, -0.15) is 0 Å². The summed E-state index contributed by atoms with van der Waals surface area (Å²) in [7, 11) is 0. The second-order valence-corrected chi connectivity index (χ2v) is 6.24. The van der Waals surface area contributed by atoms with Gasteiger partial charge in [-0.25, -0.2) is 4.79 Å². The maximum atomic E-state index is 12.0. The van der Waals surface area contributed by atoms with Crippen molar-refractivity contribution in [3.63, 3.8) is 0 Å². The normalized spacial score (nSPS) is 17.5. The lowest BCUT2D eigenvalue weighted by Gasteiger charge is -2.16. The molecule has 0 spiro atoms. The molecule has 1 fully saturated rings. The zero-order valence-corrected chi connectivity index (χ0v) is 12.9. The number of hydrogen-bond acceptors (Lipinski definition) is 4. The van der Waals surface area contributed by atoms with E-state index in [0.29, 0.717) is 26.1 Å². The number of likely N-dealkylation sites (tertiary alicyclic amines) is 1. The van der Waals surface area contributed by atoms with Gasteiger partial charge in [-0.05, 0) is 42.1 Å². The van der Waals surface area contributed by atoms with Crippen molar-refractivity contribution in [1.82, 2.24) is 4.90 Å². The average molecular weight is 318 g/mol. The molecule has 5 nitrogen and oxygen atoms in total. The lowest BCUT2D eigenvalue weighted by molar-refractivity contribution is 0.176. The minimum Gasteiger partial charge on any atom is -0.488 e. The maximum absolute atomic E-state index is 12.0. The minimum atomic E-state index is -0.404. The number of hydrogen-bond donors (Lipinski definition) is 2. The van der Waals surface area contributed by atoms with Crippen molar-refractivity contribution in [1.29, 1.82) is 0 Å². The Labute approximate surface area is 133 Å². The van der Waals surface area contributed by atoms with Crippen LogP contribution in [0.25, 0.3) is 0 Å². The zero-order valence-electron chi connectivity index (χ0n) is 12.1. The number of thiophene rings is 1. The molecule has 116 valence electrons. The van der Waals surface area contributed by atoms with E-state index in [2.05, 4.69) is 5.32 Å². The Morgan fingerprint density at radius 3 is 2.82 bits per heavy atom. The van der Waals surface area contributed by atoms with E-state index in [4.69, 9.17) is 4.74 Å². The van der Waals surface area contributed by atoms with Crippen LogP contribution in [0.2, 0.25) is 0 Å². The van der Waals surface area contributed by atoms with Crippen LogP contribution in [0.4, 0.5) is 10.5 Å². The molecule has 1 saturated heterocycles. The summed E-state index contributed by atoms with van der Waals surface area (Å²) in [5.74, 6) is 0.767. The molecular formula is C16H18N2O3S. The minimum absolute atomic E-state index is 0.177. The van der Waals surface area contributed by atoms with Crippen LogP contribution in [-0.2, 0) is 6.61 Å². The average Bonchev–Trinajstić information content (AvgIpc) is 3.18. The fourth-order valence-electron chi connectivity index (χ4n) is 2.31. The standard InChI is InChI=1S/C16H18N2O3S/c19-13-7-8-18(10-13)16(20)17-12-3-5-14(6-4-12)21-11-15-2-1-9-22-15/h1-6,9,13,19H,7-8,10-11H2,(H,17,20)/t13-/m1/s1. The first kappa shape index (κ1) is 14.9. The van der Waals surface area contributed by atoms with Crippen molar-refractivity contribution in [2.75, 3.05) is 18.4 Å². The number of urea groups is 1. The van der Waals surface area contributed by atoms with E-state index in [-0.39, 0.29) is 6.03 Å². The number of rotatable bonds is 4. The molecule has 1 atom stereocenters. The van der Waals surface area contributed by atoms with Gasteiger partial charge in [-0.3, -0.25) is 0 Å². The topological polar surface area (TPSA) is 61.8 Å². The van der Waals surface area contributed by atoms with E-state index >= 15 is 0 Å². The SMILES string of the molecule is O=C(Nc1ccc(OCc2cccs2)cc1)N1CC[C@@H](O)C1. The molecule has 2 N–H and O–H groups in total. The number of nitrogens with one attached hydrogen (secondary N) is 1. The Balaban J connectivity index is 1.51. The zero-order chi connectivity index (χ0) is 15.4. The largest absolute Gasteiger partial charge is 0.488 e.